The van der Waals surface area contributed by atoms with Crippen LogP contribution in [0.3, 0.4) is 0 Å². The number of benzene rings is 3. The van der Waals surface area contributed by atoms with E-state index >= 15 is 0 Å². The summed E-state index contributed by atoms with van der Waals surface area (Å²) in [7, 11) is -3.70. The van der Waals surface area contributed by atoms with Gasteiger partial charge in [-0.05, 0) is 79.9 Å². The van der Waals surface area contributed by atoms with Crippen molar-refractivity contribution in [1.82, 2.24) is 9.62 Å². The summed E-state index contributed by atoms with van der Waals surface area (Å²) in [6.45, 7) is 1.88. The number of aliphatic hydroxyl groups excluding tert-OH is 1. The molecule has 218 valence electrons. The zero-order chi connectivity index (χ0) is 29.4. The summed E-state index contributed by atoms with van der Waals surface area (Å²) in [4.78, 5) is 12.6. The van der Waals surface area contributed by atoms with Gasteiger partial charge >= 0.3 is 0 Å². The Kier molecular flexibility index (Phi) is 9.95. The van der Waals surface area contributed by atoms with Crippen LogP contribution in [0.5, 0.6) is 11.5 Å². The number of nitrogen functional groups attached to an aromatic ring is 1. The average molecular weight is 582 g/mol. The van der Waals surface area contributed by atoms with Gasteiger partial charge in [0.05, 0.1) is 4.90 Å². The molecule has 11 nitrogen and oxygen atoms in total. The van der Waals surface area contributed by atoms with Gasteiger partial charge in [-0.1, -0.05) is 18.2 Å². The van der Waals surface area contributed by atoms with Crippen LogP contribution in [0.2, 0.25) is 0 Å². The van der Waals surface area contributed by atoms with Crippen LogP contribution in [0.4, 0.5) is 11.4 Å². The fourth-order valence-electron chi connectivity index (χ4n) is 4.50. The fraction of sp³-hybridized carbons (Fsp3) is 0.310. The molecule has 3 aromatic carbocycles. The summed E-state index contributed by atoms with van der Waals surface area (Å²) in [5.41, 5.74) is 6.58. The Bertz CT molecular complexity index is 1440. The van der Waals surface area contributed by atoms with E-state index in [4.69, 9.17) is 15.9 Å². The highest BCUT2D eigenvalue weighted by molar-refractivity contribution is 7.89. The number of aromatic hydroxyl groups is 1. The lowest BCUT2D eigenvalue weighted by molar-refractivity contribution is -0.110. The number of nitrogens with zero attached hydrogens (tertiary/aromatic N) is 1. The van der Waals surface area contributed by atoms with E-state index in [1.165, 1.54) is 40.7 Å². The molecule has 0 bridgehead atoms. The van der Waals surface area contributed by atoms with E-state index in [1.54, 1.807) is 36.4 Å². The van der Waals surface area contributed by atoms with Crippen LogP contribution in [0.1, 0.15) is 18.4 Å². The van der Waals surface area contributed by atoms with Gasteiger partial charge in [-0.25, -0.2) is 8.42 Å². The molecule has 1 aliphatic heterocycles. The Balaban J connectivity index is 1.20. The molecule has 41 heavy (non-hydrogen) atoms. The summed E-state index contributed by atoms with van der Waals surface area (Å²) in [5.74, 6) is 0.333. The predicted molar refractivity (Wildman–Crippen MR) is 157 cm³/mol. The van der Waals surface area contributed by atoms with Gasteiger partial charge in [-0.15, -0.1) is 0 Å². The molecule has 0 spiro atoms. The highest BCUT2D eigenvalue weighted by Gasteiger charge is 2.29. The second kappa shape index (κ2) is 13.6. The van der Waals surface area contributed by atoms with Crippen LogP contribution in [0, 0.1) is 11.3 Å². The highest BCUT2D eigenvalue weighted by Crippen LogP contribution is 2.25. The quantitative estimate of drug-likeness (QED) is 0.139. The molecule has 0 unspecified atom stereocenters. The second-order valence-corrected chi connectivity index (χ2v) is 11.8. The van der Waals surface area contributed by atoms with Gasteiger partial charge in [-0.2, -0.15) is 4.31 Å². The standard InChI is InChI=1S/C29H35N5O6S/c30-27-4-2-1-3-26(27)28(31)29(37)33-21-5-11-25(12-6-21)41(38,39)34-15-13-20(14-16-34)17-32-18-23(36)19-40-24-9-7-22(35)8-10-24/h1-12,20,23,31-32,35-36H,13-19,30H2,(H,33,37)/t23-/m0/s1. The summed E-state index contributed by atoms with van der Waals surface area (Å²) in [5, 5.41) is 33.4. The normalized spacial score (nSPS) is 15.2. The van der Waals surface area contributed by atoms with Crippen LogP contribution >= 0.6 is 0 Å². The maximum atomic E-state index is 13.2. The Morgan fingerprint density at radius 3 is 2.37 bits per heavy atom. The van der Waals surface area contributed by atoms with E-state index in [0.717, 1.165) is 0 Å². The monoisotopic (exact) mass is 581 g/mol. The first-order chi connectivity index (χ1) is 19.6. The third-order valence-electron chi connectivity index (χ3n) is 6.87. The van der Waals surface area contributed by atoms with E-state index in [-0.39, 0.29) is 28.9 Å². The predicted octanol–water partition coefficient (Wildman–Crippen LogP) is 2.41. The maximum Gasteiger partial charge on any atom is 0.274 e. The first-order valence-corrected chi connectivity index (χ1v) is 14.7. The van der Waals surface area contributed by atoms with Crippen molar-refractivity contribution in [2.75, 3.05) is 43.8 Å². The number of sulfonamides is 1. The number of anilines is 2. The highest BCUT2D eigenvalue weighted by atomic mass is 32.2. The van der Waals surface area contributed by atoms with E-state index in [2.05, 4.69) is 10.6 Å². The third-order valence-corrected chi connectivity index (χ3v) is 8.79. The van der Waals surface area contributed by atoms with Crippen molar-refractivity contribution in [2.24, 2.45) is 5.92 Å². The number of hydrogen-bond donors (Lipinski definition) is 6. The topological polar surface area (TPSA) is 178 Å². The van der Waals surface area contributed by atoms with Crippen molar-refractivity contribution in [3.05, 3.63) is 78.4 Å². The minimum absolute atomic E-state index is 0.112. The SMILES string of the molecule is N=C(C(=O)Nc1ccc(S(=O)(=O)N2CCC(CNC[C@H](O)COc3ccc(O)cc3)CC2)cc1)c1ccccc1N. The first-order valence-electron chi connectivity index (χ1n) is 13.3. The summed E-state index contributed by atoms with van der Waals surface area (Å²) >= 11 is 0. The van der Waals surface area contributed by atoms with Crippen molar-refractivity contribution in [3.63, 3.8) is 0 Å². The molecule has 1 aliphatic rings. The van der Waals surface area contributed by atoms with Crippen molar-refractivity contribution < 1.29 is 28.2 Å². The Labute approximate surface area is 239 Å². The Morgan fingerprint density at radius 2 is 1.71 bits per heavy atom. The van der Waals surface area contributed by atoms with Gasteiger partial charge in [0.15, 0.2) is 0 Å². The molecule has 7 N–H and O–H groups in total. The van der Waals surface area contributed by atoms with Gasteiger partial charge in [0.2, 0.25) is 10.0 Å². The number of phenolic OH excluding ortho intramolecular Hbond substituents is 1. The average Bonchev–Trinajstić information content (AvgIpc) is 2.97. The van der Waals surface area contributed by atoms with Crippen LogP contribution in [-0.2, 0) is 14.8 Å². The Morgan fingerprint density at radius 1 is 1.05 bits per heavy atom. The van der Waals surface area contributed by atoms with E-state index in [0.29, 0.717) is 61.7 Å². The van der Waals surface area contributed by atoms with Crippen LogP contribution < -0.4 is 21.1 Å². The number of nitrogens with two attached hydrogens (primary N) is 1. The molecular weight excluding hydrogens is 546 g/mol. The number of carbonyl (C=O) groups excluding carboxylic acids is 1. The molecule has 4 rings (SSSR count). The van der Waals surface area contributed by atoms with Crippen LogP contribution in [0.15, 0.2) is 77.7 Å². The number of aliphatic hydroxyl groups is 1. The fourth-order valence-corrected chi connectivity index (χ4v) is 5.97. The molecule has 12 heteroatoms. The van der Waals surface area contributed by atoms with Crippen molar-refractivity contribution >= 4 is 33.0 Å². The molecule has 0 saturated carbocycles. The number of carbonyl (C=O) groups is 1. The first kappa shape index (κ1) is 30.0. The molecule has 0 radical (unpaired) electrons. The number of para-hydroxylation sites is 1. The van der Waals surface area contributed by atoms with Gasteiger partial charge in [-0.3, -0.25) is 10.2 Å². The number of rotatable bonds is 12. The number of phenols is 1. The number of piperidine rings is 1. The van der Waals surface area contributed by atoms with E-state index in [9.17, 15) is 23.4 Å². The molecule has 1 fully saturated rings. The molecule has 0 aliphatic carbocycles. The zero-order valence-electron chi connectivity index (χ0n) is 22.5. The van der Waals surface area contributed by atoms with Gasteiger partial charge in [0.1, 0.15) is 29.9 Å². The number of hydrogen-bond acceptors (Lipinski definition) is 9. The van der Waals surface area contributed by atoms with Gasteiger partial charge < -0.3 is 31.3 Å². The minimum atomic E-state index is -3.70. The van der Waals surface area contributed by atoms with E-state index < -0.39 is 22.0 Å². The largest absolute Gasteiger partial charge is 0.508 e. The molecule has 1 atom stereocenters. The maximum absolute atomic E-state index is 13.2. The summed E-state index contributed by atoms with van der Waals surface area (Å²) < 4.78 is 33.3. The van der Waals surface area contributed by atoms with Crippen molar-refractivity contribution in [2.45, 2.75) is 23.8 Å². The number of nitrogens with one attached hydrogen (secondary N) is 3. The lowest BCUT2D eigenvalue weighted by atomic mass is 9.98. The van der Waals surface area contributed by atoms with Crippen molar-refractivity contribution in [3.8, 4) is 11.5 Å². The van der Waals surface area contributed by atoms with Crippen LogP contribution in [-0.4, -0.2) is 73.4 Å². The molecule has 3 aromatic rings. The Hall–Kier alpha value is -3.97. The van der Waals surface area contributed by atoms with Crippen molar-refractivity contribution in [1.29, 1.82) is 5.41 Å². The van der Waals surface area contributed by atoms with Gasteiger partial charge in [0, 0.05) is 36.6 Å². The van der Waals surface area contributed by atoms with Crippen LogP contribution in [0.25, 0.3) is 0 Å². The minimum Gasteiger partial charge on any atom is -0.508 e. The van der Waals surface area contributed by atoms with E-state index in [1.807, 2.05) is 0 Å². The van der Waals surface area contributed by atoms with Gasteiger partial charge in [0.25, 0.3) is 5.91 Å². The smallest absolute Gasteiger partial charge is 0.274 e. The zero-order valence-corrected chi connectivity index (χ0v) is 23.3. The third kappa shape index (κ3) is 8.04. The lowest BCUT2D eigenvalue weighted by Crippen LogP contribution is -2.42. The molecule has 1 heterocycles. The molecule has 1 saturated heterocycles. The summed E-state index contributed by atoms with van der Waals surface area (Å²) in [6.07, 6.45) is 0.662. The molecule has 1 amide bonds. The second-order valence-electron chi connectivity index (χ2n) is 9.91. The lowest BCUT2D eigenvalue weighted by Gasteiger charge is -2.31. The molecular formula is C29H35N5O6S. The number of amides is 1. The summed E-state index contributed by atoms with van der Waals surface area (Å²) in [6, 6.07) is 18.8. The molecule has 0 aromatic heterocycles. The number of ether oxygens (including phenoxy) is 1.